The summed E-state index contributed by atoms with van der Waals surface area (Å²) in [6.07, 6.45) is 2.19. The number of carboxylic acids is 1. The molecule has 0 aliphatic heterocycles. The van der Waals surface area contributed by atoms with E-state index in [0.717, 1.165) is 46.5 Å². The van der Waals surface area contributed by atoms with Crippen molar-refractivity contribution >= 4 is 28.3 Å². The Bertz CT molecular complexity index is 1770. The van der Waals surface area contributed by atoms with Gasteiger partial charge in [-0.1, -0.05) is 54.1 Å². The Labute approximate surface area is 236 Å². The lowest BCUT2D eigenvalue weighted by molar-refractivity contribution is 0.0691. The Morgan fingerprint density at radius 2 is 1.85 bits per heavy atom. The number of nitrogens with two attached hydrogens (primary N) is 1. The van der Waals surface area contributed by atoms with Crippen molar-refractivity contribution in [3.05, 3.63) is 106 Å². The van der Waals surface area contributed by atoms with Crippen LogP contribution in [-0.4, -0.2) is 30.0 Å². The molecule has 1 aliphatic rings. The third kappa shape index (κ3) is 5.13. The number of nitrogens with zero attached hydrogens (tertiary/aromatic N) is 3. The van der Waals surface area contributed by atoms with E-state index in [2.05, 4.69) is 35.3 Å². The van der Waals surface area contributed by atoms with E-state index in [9.17, 15) is 14.1 Å². The minimum atomic E-state index is -1.79. The molecule has 202 valence electrons. The van der Waals surface area contributed by atoms with Crippen LogP contribution in [0.1, 0.15) is 51.6 Å². The average molecular weight is 573 g/mol. The van der Waals surface area contributed by atoms with Crippen molar-refractivity contribution in [2.45, 2.75) is 37.0 Å². The second-order valence-corrected chi connectivity index (χ2v) is 11.8. The van der Waals surface area contributed by atoms with Gasteiger partial charge in [0.25, 0.3) is 0 Å². The number of thiazole rings is 1. The normalized spacial score (nSPS) is 13.9. The van der Waals surface area contributed by atoms with Crippen LogP contribution in [0.5, 0.6) is 0 Å². The topological polar surface area (TPSA) is 111 Å². The van der Waals surface area contributed by atoms with Gasteiger partial charge in [0.15, 0.2) is 5.69 Å². The maximum absolute atomic E-state index is 15.2. The first-order chi connectivity index (χ1) is 19.3. The highest BCUT2D eigenvalue weighted by Gasteiger charge is 2.33. The second kappa shape index (κ2) is 10.5. The van der Waals surface area contributed by atoms with Gasteiger partial charge in [0.05, 0.1) is 16.3 Å². The van der Waals surface area contributed by atoms with Gasteiger partial charge in [-0.3, -0.25) is 0 Å². The molecule has 1 aliphatic carbocycles. The first-order valence-electron chi connectivity index (χ1n) is 12.7. The van der Waals surface area contributed by atoms with Crippen molar-refractivity contribution in [1.82, 2.24) is 14.8 Å². The number of hydrogen-bond donors (Lipinski definition) is 2. The van der Waals surface area contributed by atoms with Gasteiger partial charge in [0.2, 0.25) is 5.13 Å². The van der Waals surface area contributed by atoms with Crippen LogP contribution in [0, 0.1) is 12.7 Å². The molecule has 1 unspecified atom stereocenters. The molecule has 5 aromatic rings. The van der Waals surface area contributed by atoms with Crippen molar-refractivity contribution in [3.8, 4) is 27.5 Å². The van der Waals surface area contributed by atoms with Gasteiger partial charge in [-0.15, -0.1) is 11.3 Å². The summed E-state index contributed by atoms with van der Waals surface area (Å²) in [4.78, 5) is 16.2. The lowest BCUT2D eigenvalue weighted by atomic mass is 9.95. The molecule has 6 rings (SSSR count). The number of rotatable bonds is 8. The third-order valence-electron chi connectivity index (χ3n) is 7.02. The highest BCUT2D eigenvalue weighted by molar-refractivity contribution is 7.82. The lowest BCUT2D eigenvalue weighted by Gasteiger charge is -2.12. The zero-order valence-corrected chi connectivity index (χ0v) is 23.1. The van der Waals surface area contributed by atoms with Gasteiger partial charge in [0, 0.05) is 28.8 Å². The van der Waals surface area contributed by atoms with E-state index in [4.69, 9.17) is 10.2 Å². The predicted molar refractivity (Wildman–Crippen MR) is 154 cm³/mol. The maximum Gasteiger partial charge on any atom is 0.355 e. The molecule has 1 fully saturated rings. The Balaban J connectivity index is 1.55. The van der Waals surface area contributed by atoms with Gasteiger partial charge in [-0.25, -0.2) is 28.2 Å². The number of aromatic carboxylic acids is 1. The molecule has 0 saturated heterocycles. The molecule has 1 saturated carbocycles. The molecule has 3 aromatic carbocycles. The molecular weight excluding hydrogens is 547 g/mol. The Hall–Kier alpha value is -3.99. The Morgan fingerprint density at radius 3 is 2.50 bits per heavy atom. The highest BCUT2D eigenvalue weighted by Crippen LogP contribution is 2.45. The number of aryl methyl sites for hydroxylation is 1. The van der Waals surface area contributed by atoms with Crippen molar-refractivity contribution in [1.29, 1.82) is 0 Å². The van der Waals surface area contributed by atoms with Crippen LogP contribution >= 0.6 is 11.3 Å². The maximum atomic E-state index is 15.2. The number of aromatic nitrogens is 3. The van der Waals surface area contributed by atoms with E-state index in [1.165, 1.54) is 28.3 Å². The van der Waals surface area contributed by atoms with Crippen molar-refractivity contribution in [3.63, 3.8) is 0 Å². The largest absolute Gasteiger partial charge is 0.476 e. The van der Waals surface area contributed by atoms with Crippen LogP contribution < -0.4 is 5.14 Å². The summed E-state index contributed by atoms with van der Waals surface area (Å²) in [5.74, 6) is -1.37. The fourth-order valence-electron chi connectivity index (χ4n) is 4.80. The van der Waals surface area contributed by atoms with Gasteiger partial charge in [0.1, 0.15) is 16.8 Å². The quantitative estimate of drug-likeness (QED) is 0.228. The van der Waals surface area contributed by atoms with Crippen molar-refractivity contribution in [2.24, 2.45) is 5.14 Å². The van der Waals surface area contributed by atoms with Gasteiger partial charge in [-0.05, 0) is 54.7 Å². The van der Waals surface area contributed by atoms with E-state index in [1.807, 2.05) is 25.1 Å². The number of hydrogen-bond acceptors (Lipinski definition) is 5. The zero-order valence-electron chi connectivity index (χ0n) is 21.5. The van der Waals surface area contributed by atoms with E-state index < -0.39 is 22.8 Å². The molecule has 10 heteroatoms. The van der Waals surface area contributed by atoms with Crippen LogP contribution in [0.15, 0.2) is 77.0 Å². The van der Waals surface area contributed by atoms with E-state index in [1.54, 1.807) is 16.8 Å². The van der Waals surface area contributed by atoms with E-state index in [0.29, 0.717) is 10.7 Å². The van der Waals surface area contributed by atoms with Crippen LogP contribution in [0.4, 0.5) is 4.39 Å². The summed E-state index contributed by atoms with van der Waals surface area (Å²) in [6.45, 7) is 2.04. The van der Waals surface area contributed by atoms with Crippen LogP contribution in [-0.2, 0) is 17.4 Å². The molecule has 7 nitrogen and oxygen atoms in total. The predicted octanol–water partition coefficient (Wildman–Crippen LogP) is 6.26. The third-order valence-corrected chi connectivity index (χ3v) is 8.55. The van der Waals surface area contributed by atoms with Crippen molar-refractivity contribution in [2.75, 3.05) is 0 Å². The number of carboxylic acid groups (broad SMARTS) is 1. The van der Waals surface area contributed by atoms with Gasteiger partial charge < -0.3 is 5.11 Å². The summed E-state index contributed by atoms with van der Waals surface area (Å²) >= 11 is 1.20. The molecule has 0 spiro atoms. The molecule has 40 heavy (non-hydrogen) atoms. The van der Waals surface area contributed by atoms with Crippen LogP contribution in [0.2, 0.25) is 0 Å². The fraction of sp³-hybridized carbons (Fsp3) is 0.167. The lowest BCUT2D eigenvalue weighted by Crippen LogP contribution is -2.05. The van der Waals surface area contributed by atoms with Crippen molar-refractivity contribution < 1.29 is 18.5 Å². The molecule has 1 atom stereocenters. The summed E-state index contributed by atoms with van der Waals surface area (Å²) in [6, 6.07) is 20.7. The van der Waals surface area contributed by atoms with Gasteiger partial charge >= 0.3 is 5.97 Å². The number of carbonyl (C=O) groups is 1. The molecule has 3 N–H and O–H groups in total. The first-order valence-corrected chi connectivity index (χ1v) is 14.8. The fourth-order valence-corrected chi connectivity index (χ4v) is 5.98. The van der Waals surface area contributed by atoms with E-state index >= 15 is 4.39 Å². The minimum absolute atomic E-state index is 0.0548. The molecule has 2 heterocycles. The highest BCUT2D eigenvalue weighted by atomic mass is 32.2. The molecule has 2 aromatic heterocycles. The SMILES string of the molecule is Cc1ccc(-c2cccc(-c3c(Cc4ccc(S(N)=O)cc4F)c(C4CC4)nn3-c3nc(C(=O)O)cs3)c2)cc1. The molecule has 0 bridgehead atoms. The number of halogens is 1. The van der Waals surface area contributed by atoms with Crippen LogP contribution in [0.25, 0.3) is 27.5 Å². The summed E-state index contributed by atoms with van der Waals surface area (Å²) in [5, 5.41) is 21.8. The molecule has 0 amide bonds. The first kappa shape index (κ1) is 26.2. The second-order valence-electron chi connectivity index (χ2n) is 9.89. The Kier molecular flexibility index (Phi) is 6.91. The molecule has 0 radical (unpaired) electrons. The molecular formula is C30H25FN4O3S2. The minimum Gasteiger partial charge on any atom is -0.476 e. The Morgan fingerprint density at radius 1 is 1.10 bits per heavy atom. The summed E-state index contributed by atoms with van der Waals surface area (Å²) in [7, 11) is -1.79. The van der Waals surface area contributed by atoms with Crippen LogP contribution in [0.3, 0.4) is 0 Å². The number of benzene rings is 3. The van der Waals surface area contributed by atoms with Gasteiger partial charge in [-0.2, -0.15) is 5.10 Å². The smallest absolute Gasteiger partial charge is 0.355 e. The average Bonchev–Trinajstić information content (AvgIpc) is 3.53. The summed E-state index contributed by atoms with van der Waals surface area (Å²) < 4.78 is 28.6. The van der Waals surface area contributed by atoms with E-state index in [-0.39, 0.29) is 22.9 Å². The summed E-state index contributed by atoms with van der Waals surface area (Å²) in [5.41, 5.74) is 6.92. The standard InChI is InChI=1S/C30H25FN4O3S2/c1-17-5-7-18(8-6-17)20-3-2-4-22(13-20)28-24(14-21-11-12-23(40(32)38)15-25(21)31)27(19-9-10-19)34-35(28)30-33-26(16-39-30)29(36)37/h2-8,11-13,15-16,19H,9-10,14,32H2,1H3,(H,36,37). The monoisotopic (exact) mass is 572 g/mol. The zero-order chi connectivity index (χ0) is 28.0.